The molecule has 0 aliphatic carbocycles. The third kappa shape index (κ3) is 3.06. The van der Waals surface area contributed by atoms with E-state index < -0.39 is 5.97 Å². The Labute approximate surface area is 115 Å². The summed E-state index contributed by atoms with van der Waals surface area (Å²) in [6, 6.07) is 11.2. The number of carboxylic acids is 1. The quantitative estimate of drug-likeness (QED) is 0.912. The van der Waals surface area contributed by atoms with Crippen LogP contribution in [0.2, 0.25) is 0 Å². The number of thiophene rings is 1. The van der Waals surface area contributed by atoms with Crippen LogP contribution in [0.25, 0.3) is 0 Å². The lowest BCUT2D eigenvalue weighted by molar-refractivity contribution is 0.0702. The van der Waals surface area contributed by atoms with E-state index in [1.54, 1.807) is 13.2 Å². The van der Waals surface area contributed by atoms with Crippen molar-refractivity contribution >= 4 is 23.0 Å². The summed E-state index contributed by atoms with van der Waals surface area (Å²) in [5.74, 6) is -0.0730. The van der Waals surface area contributed by atoms with Gasteiger partial charge in [0.25, 0.3) is 0 Å². The molecule has 0 saturated heterocycles. The van der Waals surface area contributed by atoms with Gasteiger partial charge in [-0.05, 0) is 24.3 Å². The number of carbonyl (C=O) groups is 1. The van der Waals surface area contributed by atoms with Crippen LogP contribution in [-0.2, 0) is 6.54 Å². The Kier molecular flexibility index (Phi) is 4.06. The molecule has 0 fully saturated rings. The molecule has 5 heteroatoms. The number of benzene rings is 1. The van der Waals surface area contributed by atoms with Gasteiger partial charge in [-0.15, -0.1) is 11.3 Å². The van der Waals surface area contributed by atoms with Crippen molar-refractivity contribution in [3.63, 3.8) is 0 Å². The molecule has 1 N–H and O–H groups in total. The Hall–Kier alpha value is -2.01. The lowest BCUT2D eigenvalue weighted by Crippen LogP contribution is -2.16. The van der Waals surface area contributed by atoms with Gasteiger partial charge in [0.05, 0.1) is 19.3 Å². The van der Waals surface area contributed by atoms with Gasteiger partial charge in [-0.2, -0.15) is 0 Å². The molecule has 2 rings (SSSR count). The minimum absolute atomic E-state index is 0.364. The summed E-state index contributed by atoms with van der Waals surface area (Å²) in [4.78, 5) is 14.3. The van der Waals surface area contributed by atoms with E-state index in [1.165, 1.54) is 11.3 Å². The van der Waals surface area contributed by atoms with Gasteiger partial charge >= 0.3 is 5.97 Å². The number of rotatable bonds is 5. The highest BCUT2D eigenvalue weighted by atomic mass is 32.1. The van der Waals surface area contributed by atoms with E-state index in [1.807, 2.05) is 42.3 Å². The summed E-state index contributed by atoms with van der Waals surface area (Å²) in [6.45, 7) is 0.651. The summed E-state index contributed by atoms with van der Waals surface area (Å²) >= 11 is 1.30. The van der Waals surface area contributed by atoms with Crippen molar-refractivity contribution in [2.75, 3.05) is 19.1 Å². The predicted octanol–water partition coefficient (Wildman–Crippen LogP) is 3.09. The topological polar surface area (TPSA) is 49.8 Å². The summed E-state index contributed by atoms with van der Waals surface area (Å²) in [7, 11) is 3.60. The van der Waals surface area contributed by atoms with Gasteiger partial charge in [-0.25, -0.2) is 4.79 Å². The first kappa shape index (κ1) is 13.4. The first-order valence-electron chi connectivity index (χ1n) is 5.78. The number of nitrogens with zero attached hydrogens (tertiary/aromatic N) is 1. The lowest BCUT2D eigenvalue weighted by Gasteiger charge is -2.20. The summed E-state index contributed by atoms with van der Waals surface area (Å²) in [5.41, 5.74) is 0.982. The van der Waals surface area contributed by atoms with E-state index in [0.717, 1.165) is 16.3 Å². The maximum atomic E-state index is 10.8. The summed E-state index contributed by atoms with van der Waals surface area (Å²) in [6.07, 6.45) is 0. The fourth-order valence-electron chi connectivity index (χ4n) is 1.84. The maximum Gasteiger partial charge on any atom is 0.345 e. The van der Waals surface area contributed by atoms with E-state index in [2.05, 4.69) is 0 Å². The van der Waals surface area contributed by atoms with Crippen LogP contribution < -0.4 is 9.64 Å². The zero-order valence-corrected chi connectivity index (χ0v) is 11.6. The Morgan fingerprint density at radius 2 is 2.05 bits per heavy atom. The number of para-hydroxylation sites is 2. The number of ether oxygens (including phenoxy) is 1. The van der Waals surface area contributed by atoms with Crippen molar-refractivity contribution in [2.45, 2.75) is 6.54 Å². The Bertz CT molecular complexity index is 580. The average molecular weight is 277 g/mol. The highest BCUT2D eigenvalue weighted by Gasteiger charge is 2.11. The maximum absolute atomic E-state index is 10.8. The molecular weight excluding hydrogens is 262 g/mol. The zero-order chi connectivity index (χ0) is 13.8. The molecule has 4 nitrogen and oxygen atoms in total. The monoisotopic (exact) mass is 277 g/mol. The number of methoxy groups -OCH3 is 1. The molecule has 0 amide bonds. The van der Waals surface area contributed by atoms with E-state index in [4.69, 9.17) is 9.84 Å². The van der Waals surface area contributed by atoms with Gasteiger partial charge in [0.2, 0.25) is 0 Å². The smallest absolute Gasteiger partial charge is 0.345 e. The molecule has 0 radical (unpaired) electrons. The fraction of sp³-hybridized carbons (Fsp3) is 0.214. The van der Waals surface area contributed by atoms with Crippen LogP contribution in [0.5, 0.6) is 5.75 Å². The number of hydrogen-bond acceptors (Lipinski definition) is 4. The van der Waals surface area contributed by atoms with Crippen LogP contribution in [-0.4, -0.2) is 25.2 Å². The molecule has 2 aromatic rings. The minimum Gasteiger partial charge on any atom is -0.495 e. The predicted molar refractivity (Wildman–Crippen MR) is 76.4 cm³/mol. The molecule has 100 valence electrons. The van der Waals surface area contributed by atoms with Crippen molar-refractivity contribution in [3.05, 3.63) is 46.2 Å². The van der Waals surface area contributed by atoms with Crippen LogP contribution in [0.15, 0.2) is 36.4 Å². The molecule has 0 unspecified atom stereocenters. The van der Waals surface area contributed by atoms with Crippen molar-refractivity contribution in [2.24, 2.45) is 0 Å². The van der Waals surface area contributed by atoms with Gasteiger partial charge in [0.15, 0.2) is 0 Å². The molecule has 1 aromatic heterocycles. The van der Waals surface area contributed by atoms with Crippen LogP contribution in [0.4, 0.5) is 5.69 Å². The normalized spacial score (nSPS) is 10.2. The molecule has 0 saturated carbocycles. The number of carboxylic acid groups (broad SMARTS) is 1. The lowest BCUT2D eigenvalue weighted by atomic mass is 10.2. The van der Waals surface area contributed by atoms with E-state index >= 15 is 0 Å². The van der Waals surface area contributed by atoms with Gasteiger partial charge in [0.1, 0.15) is 10.6 Å². The summed E-state index contributed by atoms with van der Waals surface area (Å²) < 4.78 is 5.32. The third-order valence-corrected chi connectivity index (χ3v) is 3.82. The van der Waals surface area contributed by atoms with Gasteiger partial charge in [0, 0.05) is 11.9 Å². The van der Waals surface area contributed by atoms with Crippen LogP contribution >= 0.6 is 11.3 Å². The molecular formula is C14H15NO3S. The van der Waals surface area contributed by atoms with Gasteiger partial charge < -0.3 is 14.7 Å². The van der Waals surface area contributed by atoms with Crippen molar-refractivity contribution in [1.82, 2.24) is 0 Å². The second-order valence-corrected chi connectivity index (χ2v) is 5.27. The highest BCUT2D eigenvalue weighted by molar-refractivity contribution is 7.13. The molecule has 0 aliphatic heterocycles. The van der Waals surface area contributed by atoms with E-state index in [0.29, 0.717) is 11.4 Å². The van der Waals surface area contributed by atoms with Crippen LogP contribution in [0.3, 0.4) is 0 Å². The standard InChI is InChI=1S/C14H15NO3S/c1-15(11-5-3-4-6-12(11)18-2)9-10-7-8-13(19-10)14(16)17/h3-8H,9H2,1-2H3,(H,16,17). The van der Waals surface area contributed by atoms with Crippen molar-refractivity contribution in [3.8, 4) is 5.75 Å². The average Bonchev–Trinajstić information content (AvgIpc) is 2.87. The molecule has 1 aromatic carbocycles. The molecule has 0 atom stereocenters. The molecule has 0 bridgehead atoms. The highest BCUT2D eigenvalue weighted by Crippen LogP contribution is 2.28. The molecule has 0 aliphatic rings. The van der Waals surface area contributed by atoms with Gasteiger partial charge in [-0.3, -0.25) is 0 Å². The third-order valence-electron chi connectivity index (χ3n) is 2.76. The fourth-order valence-corrected chi connectivity index (χ4v) is 2.74. The van der Waals surface area contributed by atoms with E-state index in [9.17, 15) is 4.79 Å². The molecule has 19 heavy (non-hydrogen) atoms. The number of hydrogen-bond donors (Lipinski definition) is 1. The molecule has 1 heterocycles. The SMILES string of the molecule is COc1ccccc1N(C)Cc1ccc(C(=O)O)s1. The number of aromatic carboxylic acids is 1. The van der Waals surface area contributed by atoms with E-state index in [-0.39, 0.29) is 0 Å². The first-order chi connectivity index (χ1) is 9.11. The zero-order valence-electron chi connectivity index (χ0n) is 10.8. The largest absolute Gasteiger partial charge is 0.495 e. The minimum atomic E-state index is -0.879. The van der Waals surface area contributed by atoms with Gasteiger partial charge in [-0.1, -0.05) is 12.1 Å². The molecule has 0 spiro atoms. The summed E-state index contributed by atoms with van der Waals surface area (Å²) in [5, 5.41) is 8.91. The Morgan fingerprint density at radius 1 is 1.32 bits per heavy atom. The van der Waals surface area contributed by atoms with Crippen molar-refractivity contribution < 1.29 is 14.6 Å². The second-order valence-electron chi connectivity index (χ2n) is 4.10. The Balaban J connectivity index is 2.15. The number of anilines is 1. The van der Waals surface area contributed by atoms with Crippen LogP contribution in [0.1, 0.15) is 14.5 Å². The van der Waals surface area contributed by atoms with Crippen LogP contribution in [0, 0.1) is 0 Å². The first-order valence-corrected chi connectivity index (χ1v) is 6.59. The second kappa shape index (κ2) is 5.75. The Morgan fingerprint density at radius 3 is 2.68 bits per heavy atom. The van der Waals surface area contributed by atoms with Crippen molar-refractivity contribution in [1.29, 1.82) is 0 Å².